The second-order valence-electron chi connectivity index (χ2n) is 11.1. The molecule has 0 bridgehead atoms. The number of unbranched alkanes of at least 4 members (excludes halogenated alkanes) is 1. The van der Waals surface area contributed by atoms with Crippen molar-refractivity contribution in [2.24, 2.45) is 0 Å². The van der Waals surface area contributed by atoms with E-state index in [9.17, 15) is 24.0 Å². The molecule has 0 atom stereocenters. The van der Waals surface area contributed by atoms with Gasteiger partial charge in [-0.05, 0) is 104 Å². The molecule has 0 amide bonds. The van der Waals surface area contributed by atoms with Crippen LogP contribution in [0.2, 0.25) is 0 Å². The van der Waals surface area contributed by atoms with Crippen molar-refractivity contribution in [3.63, 3.8) is 0 Å². The summed E-state index contributed by atoms with van der Waals surface area (Å²) in [4.78, 5) is 60.5. The maximum Gasteiger partial charge on any atom is 0.343 e. The standard InChI is InChI=1S/C41H38O13/c1-4-37(42)50-24-7-6-23-48-31-16-11-29(12-17-31)40(45)54-35-22-13-30(27-36(35)47-3)41(46)53-34-20-18-33(19-21-34)52-39(44)28-9-14-32(15-10-28)49-25-8-26-51-38(43)5-2/h4-5,9-22,27H,1-2,6-8,23-26H2,3H3. The summed E-state index contributed by atoms with van der Waals surface area (Å²) in [6.45, 7) is 7.86. The number of ether oxygens (including phenoxy) is 8. The van der Waals surface area contributed by atoms with Gasteiger partial charge in [-0.25, -0.2) is 24.0 Å². The zero-order valence-electron chi connectivity index (χ0n) is 29.5. The van der Waals surface area contributed by atoms with Gasteiger partial charge in [0.15, 0.2) is 11.5 Å². The third kappa shape index (κ3) is 12.7. The number of carbonyl (C=O) groups excluding carboxylic acids is 5. The molecule has 4 aromatic rings. The molecule has 54 heavy (non-hydrogen) atoms. The molecular formula is C41H38O13. The Balaban J connectivity index is 1.23. The highest BCUT2D eigenvalue weighted by Crippen LogP contribution is 2.30. The van der Waals surface area contributed by atoms with Crippen molar-refractivity contribution < 1.29 is 61.9 Å². The highest BCUT2D eigenvalue weighted by atomic mass is 16.6. The maximum absolute atomic E-state index is 12.9. The van der Waals surface area contributed by atoms with Crippen LogP contribution in [0.1, 0.15) is 50.3 Å². The SMILES string of the molecule is C=CC(=O)OCCCCOc1ccc(C(=O)Oc2ccc(C(=O)Oc3ccc(OC(=O)c4ccc(OCCCOC(=O)C=C)cc4)cc3)cc2OC)cc1. The van der Waals surface area contributed by atoms with Gasteiger partial charge in [0.05, 0.1) is 50.2 Å². The lowest BCUT2D eigenvalue weighted by atomic mass is 10.2. The molecule has 4 rings (SSSR count). The molecule has 280 valence electrons. The van der Waals surface area contributed by atoms with E-state index in [1.54, 1.807) is 48.5 Å². The fraction of sp³-hybridized carbons (Fsp3) is 0.195. The Morgan fingerprint density at radius 2 is 0.889 bits per heavy atom. The molecule has 0 radical (unpaired) electrons. The first-order valence-corrected chi connectivity index (χ1v) is 16.7. The summed E-state index contributed by atoms with van der Waals surface area (Å²) in [5.41, 5.74) is 0.685. The van der Waals surface area contributed by atoms with Crippen molar-refractivity contribution in [1.29, 1.82) is 0 Å². The Morgan fingerprint density at radius 3 is 1.39 bits per heavy atom. The minimum Gasteiger partial charge on any atom is -0.494 e. The van der Waals surface area contributed by atoms with Crippen molar-refractivity contribution >= 4 is 29.8 Å². The minimum absolute atomic E-state index is 0.0913. The molecule has 0 saturated carbocycles. The Hall–Kier alpha value is -6.89. The Bertz CT molecular complexity index is 1910. The van der Waals surface area contributed by atoms with Gasteiger partial charge in [-0.15, -0.1) is 0 Å². The fourth-order valence-corrected chi connectivity index (χ4v) is 4.43. The molecule has 0 unspecified atom stereocenters. The van der Waals surface area contributed by atoms with E-state index >= 15 is 0 Å². The van der Waals surface area contributed by atoms with Crippen LogP contribution in [0, 0.1) is 0 Å². The lowest BCUT2D eigenvalue weighted by Crippen LogP contribution is -2.12. The van der Waals surface area contributed by atoms with Gasteiger partial charge in [0, 0.05) is 18.6 Å². The summed E-state index contributed by atoms with van der Waals surface area (Å²) >= 11 is 0. The van der Waals surface area contributed by atoms with Gasteiger partial charge >= 0.3 is 29.8 Å². The summed E-state index contributed by atoms with van der Waals surface area (Å²) in [7, 11) is 1.37. The molecule has 4 aromatic carbocycles. The van der Waals surface area contributed by atoms with E-state index in [2.05, 4.69) is 13.2 Å². The normalized spacial score (nSPS) is 10.2. The molecule has 0 spiro atoms. The molecule has 0 aliphatic heterocycles. The summed E-state index contributed by atoms with van der Waals surface area (Å²) in [5, 5.41) is 0. The van der Waals surface area contributed by atoms with Crippen LogP contribution < -0.4 is 28.4 Å². The van der Waals surface area contributed by atoms with Crippen molar-refractivity contribution in [1.82, 2.24) is 0 Å². The third-order valence-corrected chi connectivity index (χ3v) is 7.21. The van der Waals surface area contributed by atoms with E-state index in [0.29, 0.717) is 49.5 Å². The zero-order valence-corrected chi connectivity index (χ0v) is 29.5. The van der Waals surface area contributed by atoms with Crippen LogP contribution in [0.4, 0.5) is 0 Å². The van der Waals surface area contributed by atoms with Gasteiger partial charge in [0.25, 0.3) is 0 Å². The lowest BCUT2D eigenvalue weighted by molar-refractivity contribution is -0.138. The highest BCUT2D eigenvalue weighted by Gasteiger charge is 2.17. The molecule has 0 aliphatic carbocycles. The number of rotatable bonds is 20. The minimum atomic E-state index is -0.704. The monoisotopic (exact) mass is 738 g/mol. The number of hydrogen-bond acceptors (Lipinski definition) is 13. The van der Waals surface area contributed by atoms with E-state index in [1.165, 1.54) is 49.6 Å². The van der Waals surface area contributed by atoms with Crippen LogP contribution in [-0.4, -0.2) is 63.4 Å². The summed E-state index contributed by atoms with van der Waals surface area (Å²) in [6.07, 6.45) is 3.99. The van der Waals surface area contributed by atoms with Crippen LogP contribution in [0.25, 0.3) is 0 Å². The van der Waals surface area contributed by atoms with Crippen molar-refractivity contribution in [3.8, 4) is 34.5 Å². The van der Waals surface area contributed by atoms with E-state index in [4.69, 9.17) is 37.9 Å². The van der Waals surface area contributed by atoms with Gasteiger partial charge in [0.1, 0.15) is 23.0 Å². The fourth-order valence-electron chi connectivity index (χ4n) is 4.43. The van der Waals surface area contributed by atoms with Crippen LogP contribution >= 0.6 is 0 Å². The lowest BCUT2D eigenvalue weighted by Gasteiger charge is -2.12. The quantitative estimate of drug-likeness (QED) is 0.0407. The molecule has 0 aromatic heterocycles. The Kier molecular flexibility index (Phi) is 15.4. The largest absolute Gasteiger partial charge is 0.494 e. The molecule has 13 heteroatoms. The first-order chi connectivity index (χ1) is 26.2. The number of esters is 5. The first-order valence-electron chi connectivity index (χ1n) is 16.7. The molecule has 0 aliphatic rings. The van der Waals surface area contributed by atoms with Gasteiger partial charge in [0.2, 0.25) is 0 Å². The zero-order chi connectivity index (χ0) is 38.7. The van der Waals surface area contributed by atoms with Crippen LogP contribution in [0.5, 0.6) is 34.5 Å². The topological polar surface area (TPSA) is 159 Å². The smallest absolute Gasteiger partial charge is 0.343 e. The Morgan fingerprint density at radius 1 is 0.481 bits per heavy atom. The van der Waals surface area contributed by atoms with Gasteiger partial charge in [-0.3, -0.25) is 0 Å². The molecule has 0 N–H and O–H groups in total. The van der Waals surface area contributed by atoms with Crippen LogP contribution in [0.15, 0.2) is 116 Å². The van der Waals surface area contributed by atoms with E-state index in [1.807, 2.05) is 0 Å². The highest BCUT2D eigenvalue weighted by molar-refractivity contribution is 5.94. The van der Waals surface area contributed by atoms with Crippen molar-refractivity contribution in [2.75, 3.05) is 33.5 Å². The number of carbonyl (C=O) groups is 5. The van der Waals surface area contributed by atoms with Crippen molar-refractivity contribution in [3.05, 3.63) is 133 Å². The molecule has 0 heterocycles. The average Bonchev–Trinajstić information content (AvgIpc) is 3.20. The predicted molar refractivity (Wildman–Crippen MR) is 194 cm³/mol. The first kappa shape index (κ1) is 39.9. The predicted octanol–water partition coefficient (Wildman–Crippen LogP) is 6.74. The average molecular weight is 739 g/mol. The maximum atomic E-state index is 12.9. The molecular weight excluding hydrogens is 700 g/mol. The number of hydrogen-bond donors (Lipinski definition) is 0. The third-order valence-electron chi connectivity index (χ3n) is 7.21. The number of benzene rings is 4. The second kappa shape index (κ2) is 20.8. The van der Waals surface area contributed by atoms with Gasteiger partial charge in [-0.2, -0.15) is 0 Å². The van der Waals surface area contributed by atoms with Crippen molar-refractivity contribution in [2.45, 2.75) is 19.3 Å². The molecule has 0 fully saturated rings. The second-order valence-corrected chi connectivity index (χ2v) is 11.1. The van der Waals surface area contributed by atoms with E-state index in [0.717, 1.165) is 12.2 Å². The van der Waals surface area contributed by atoms with Gasteiger partial charge in [-0.1, -0.05) is 13.2 Å². The van der Waals surface area contributed by atoms with Gasteiger partial charge < -0.3 is 37.9 Å². The molecule has 13 nitrogen and oxygen atoms in total. The number of methoxy groups -OCH3 is 1. The van der Waals surface area contributed by atoms with Crippen LogP contribution in [-0.2, 0) is 19.1 Å². The Labute approximate surface area is 311 Å². The van der Waals surface area contributed by atoms with E-state index in [-0.39, 0.29) is 47.3 Å². The van der Waals surface area contributed by atoms with Crippen LogP contribution in [0.3, 0.4) is 0 Å². The summed E-state index contributed by atoms with van der Waals surface area (Å²) in [6, 6.07) is 22.9. The summed E-state index contributed by atoms with van der Waals surface area (Å²) in [5.74, 6) is -1.19. The van der Waals surface area contributed by atoms with E-state index < -0.39 is 29.8 Å². The summed E-state index contributed by atoms with van der Waals surface area (Å²) < 4.78 is 42.8. The molecule has 0 saturated heterocycles.